The maximum absolute atomic E-state index is 10.8. The lowest BCUT2D eigenvalue weighted by Gasteiger charge is -2.08. The Hall–Kier alpha value is 0.270. The molecule has 12 heavy (non-hydrogen) atoms. The van der Waals surface area contributed by atoms with E-state index < -0.39 is 7.82 Å². The Morgan fingerprint density at radius 1 is 1.67 bits per heavy atom. The van der Waals surface area contributed by atoms with Gasteiger partial charge in [0, 0.05) is 0 Å². The van der Waals surface area contributed by atoms with Gasteiger partial charge in [0.1, 0.15) is 10.8 Å². The van der Waals surface area contributed by atoms with Crippen LogP contribution in [0.3, 0.4) is 0 Å². The Morgan fingerprint density at radius 2 is 2.25 bits per heavy atom. The summed E-state index contributed by atoms with van der Waals surface area (Å²) in [5, 5.41) is 0. The van der Waals surface area contributed by atoms with Gasteiger partial charge in [0.25, 0.3) is 0 Å². The van der Waals surface area contributed by atoms with Crippen LogP contribution in [0.4, 0.5) is 0 Å². The normalized spacial score (nSPS) is 15.0. The monoisotopic (exact) mass is 234 g/mol. The minimum absolute atomic E-state index is 0.140. The molecule has 7 heteroatoms. The van der Waals surface area contributed by atoms with E-state index in [2.05, 4.69) is 9.05 Å². The molecule has 1 N–H and O–H groups in total. The lowest BCUT2D eigenvalue weighted by Crippen LogP contribution is -1.91. The average molecular weight is 235 g/mol. The molecule has 0 amide bonds. The summed E-state index contributed by atoms with van der Waals surface area (Å²) in [6.07, 6.45) is 1.37. The Labute approximate surface area is 80.7 Å². The maximum atomic E-state index is 10.8. The van der Waals surface area contributed by atoms with E-state index in [1.165, 1.54) is 0 Å². The van der Waals surface area contributed by atoms with E-state index in [0.29, 0.717) is 6.42 Å². The predicted octanol–water partition coefficient (Wildman–Crippen LogP) is 2.81. The van der Waals surface area contributed by atoms with Crippen molar-refractivity contribution >= 4 is 31.0 Å². The molecule has 0 rings (SSSR count). The number of phosphoric acid groups is 1. The van der Waals surface area contributed by atoms with Crippen molar-refractivity contribution in [1.82, 2.24) is 0 Å². The zero-order chi connectivity index (χ0) is 9.61. The Bertz CT molecular complexity index is 202. The van der Waals surface area contributed by atoms with Gasteiger partial charge >= 0.3 is 7.82 Å². The molecule has 0 aromatic rings. The third-order valence-electron chi connectivity index (χ3n) is 0.734. The van der Waals surface area contributed by atoms with Crippen LogP contribution in [-0.4, -0.2) is 11.5 Å². The molecule has 0 radical (unpaired) electrons. The molecule has 0 aliphatic carbocycles. The van der Waals surface area contributed by atoms with Crippen molar-refractivity contribution in [3.05, 3.63) is 10.8 Å². The van der Waals surface area contributed by atoms with Gasteiger partial charge in [-0.1, -0.05) is 30.1 Å². The zero-order valence-corrected chi connectivity index (χ0v) is 8.77. The van der Waals surface area contributed by atoms with Crippen LogP contribution in [0.5, 0.6) is 0 Å². The first kappa shape index (κ1) is 12.3. The van der Waals surface area contributed by atoms with Gasteiger partial charge in [-0.05, 0) is 6.42 Å². The van der Waals surface area contributed by atoms with E-state index in [-0.39, 0.29) is 11.1 Å². The fourth-order valence-corrected chi connectivity index (χ4v) is 1.27. The molecule has 0 saturated heterocycles. The second-order valence-corrected chi connectivity index (χ2v) is 4.23. The SMILES string of the molecule is CCCOP(=O)(O)OC=C(Cl)Cl. The smallest absolute Gasteiger partial charge is 0.410 e. The highest BCUT2D eigenvalue weighted by molar-refractivity contribution is 7.47. The highest BCUT2D eigenvalue weighted by atomic mass is 35.5. The standard InChI is InChI=1S/C5H9Cl2O4P/c1-2-3-10-12(8,9)11-4-5(6)7/h4H,2-3H2,1H3,(H,8,9). The predicted molar refractivity (Wildman–Crippen MR) is 46.9 cm³/mol. The number of hydrogen-bond donors (Lipinski definition) is 1. The second-order valence-electron chi connectivity index (χ2n) is 1.81. The van der Waals surface area contributed by atoms with Crippen LogP contribution >= 0.6 is 31.0 Å². The summed E-state index contributed by atoms with van der Waals surface area (Å²) in [6, 6.07) is 0. The summed E-state index contributed by atoms with van der Waals surface area (Å²) >= 11 is 10.3. The van der Waals surface area contributed by atoms with Gasteiger partial charge in [0.2, 0.25) is 0 Å². The molecule has 0 fully saturated rings. The van der Waals surface area contributed by atoms with Gasteiger partial charge < -0.3 is 4.52 Å². The van der Waals surface area contributed by atoms with Crippen LogP contribution in [-0.2, 0) is 13.6 Å². The van der Waals surface area contributed by atoms with Crippen LogP contribution in [0.1, 0.15) is 13.3 Å². The Kier molecular flexibility index (Phi) is 5.97. The molecule has 0 aliphatic heterocycles. The van der Waals surface area contributed by atoms with Crippen molar-refractivity contribution < 1.29 is 18.5 Å². The summed E-state index contributed by atoms with van der Waals surface area (Å²) in [4.78, 5) is 8.84. The van der Waals surface area contributed by atoms with Crippen LogP contribution in [0.2, 0.25) is 0 Å². The first-order valence-corrected chi connectivity index (χ1v) is 5.40. The molecular weight excluding hydrogens is 226 g/mol. The summed E-state index contributed by atoms with van der Waals surface area (Å²) < 4.78 is 19.3. The lowest BCUT2D eigenvalue weighted by atomic mass is 10.5. The minimum Gasteiger partial charge on any atom is -0.410 e. The molecule has 0 heterocycles. The van der Waals surface area contributed by atoms with Crippen LogP contribution in [0.25, 0.3) is 0 Å². The van der Waals surface area contributed by atoms with Crippen molar-refractivity contribution in [2.75, 3.05) is 6.61 Å². The first-order valence-electron chi connectivity index (χ1n) is 3.15. The van der Waals surface area contributed by atoms with Gasteiger partial charge in [-0.2, -0.15) is 0 Å². The van der Waals surface area contributed by atoms with E-state index in [4.69, 9.17) is 28.1 Å². The largest absolute Gasteiger partial charge is 0.526 e. The molecule has 1 unspecified atom stereocenters. The molecule has 4 nitrogen and oxygen atoms in total. The number of rotatable bonds is 5. The molecule has 0 aromatic heterocycles. The van der Waals surface area contributed by atoms with Crippen LogP contribution < -0.4 is 0 Å². The summed E-state index contributed by atoms with van der Waals surface area (Å²) in [6.45, 7) is 1.94. The van der Waals surface area contributed by atoms with E-state index in [1.54, 1.807) is 6.92 Å². The fraction of sp³-hybridized carbons (Fsp3) is 0.600. The number of phosphoric ester groups is 1. The summed E-state index contributed by atoms with van der Waals surface area (Å²) in [5.41, 5.74) is 0. The van der Waals surface area contributed by atoms with E-state index in [1.807, 2.05) is 0 Å². The molecule has 0 spiro atoms. The molecular formula is C5H9Cl2O4P. The lowest BCUT2D eigenvalue weighted by molar-refractivity contribution is 0.188. The van der Waals surface area contributed by atoms with Crippen molar-refractivity contribution in [3.63, 3.8) is 0 Å². The first-order chi connectivity index (χ1) is 5.48. The maximum Gasteiger partial charge on any atom is 0.526 e. The van der Waals surface area contributed by atoms with Gasteiger partial charge in [-0.3, -0.25) is 9.42 Å². The number of halogens is 2. The van der Waals surface area contributed by atoms with Crippen molar-refractivity contribution in [3.8, 4) is 0 Å². The van der Waals surface area contributed by atoms with E-state index >= 15 is 0 Å². The van der Waals surface area contributed by atoms with Crippen LogP contribution in [0, 0.1) is 0 Å². The molecule has 0 bridgehead atoms. The third kappa shape index (κ3) is 6.95. The van der Waals surface area contributed by atoms with Gasteiger partial charge in [-0.25, -0.2) is 4.57 Å². The number of hydrogen-bond acceptors (Lipinski definition) is 3. The van der Waals surface area contributed by atoms with Gasteiger partial charge in [0.15, 0.2) is 0 Å². The summed E-state index contributed by atoms with van der Waals surface area (Å²) in [7, 11) is -4.01. The molecule has 0 saturated carbocycles. The van der Waals surface area contributed by atoms with Gasteiger partial charge in [-0.15, -0.1) is 0 Å². The Morgan fingerprint density at radius 3 is 2.67 bits per heavy atom. The van der Waals surface area contributed by atoms with E-state index in [0.717, 1.165) is 6.26 Å². The van der Waals surface area contributed by atoms with Crippen molar-refractivity contribution in [2.24, 2.45) is 0 Å². The van der Waals surface area contributed by atoms with Crippen molar-refractivity contribution in [2.45, 2.75) is 13.3 Å². The molecule has 1 atom stereocenters. The van der Waals surface area contributed by atoms with Crippen molar-refractivity contribution in [1.29, 1.82) is 0 Å². The average Bonchev–Trinajstić information content (AvgIpc) is 1.98. The van der Waals surface area contributed by atoms with Crippen LogP contribution in [0.15, 0.2) is 10.8 Å². The summed E-state index contributed by atoms with van der Waals surface area (Å²) in [5.74, 6) is 0. The van der Waals surface area contributed by atoms with E-state index in [9.17, 15) is 4.57 Å². The third-order valence-corrected chi connectivity index (χ3v) is 1.79. The second kappa shape index (κ2) is 5.84. The quantitative estimate of drug-likeness (QED) is 0.587. The topological polar surface area (TPSA) is 55.8 Å². The zero-order valence-electron chi connectivity index (χ0n) is 6.37. The minimum atomic E-state index is -4.01. The molecule has 72 valence electrons. The van der Waals surface area contributed by atoms with Gasteiger partial charge in [0.05, 0.1) is 6.61 Å². The fourth-order valence-electron chi connectivity index (χ4n) is 0.344. The highest BCUT2D eigenvalue weighted by Gasteiger charge is 2.19. The molecule has 0 aliphatic rings. The highest BCUT2D eigenvalue weighted by Crippen LogP contribution is 2.44. The Balaban J connectivity index is 3.88. The molecule has 0 aromatic carbocycles.